The molecule has 2 N–H and O–H groups in total. The van der Waals surface area contributed by atoms with Crippen LogP contribution in [-0.2, 0) is 0 Å². The summed E-state index contributed by atoms with van der Waals surface area (Å²) < 4.78 is 0. The molecule has 19 heavy (non-hydrogen) atoms. The van der Waals surface area contributed by atoms with Crippen molar-refractivity contribution in [1.29, 1.82) is 0 Å². The van der Waals surface area contributed by atoms with Crippen molar-refractivity contribution >= 4 is 17.5 Å². The molecule has 1 aliphatic rings. The van der Waals surface area contributed by atoms with Crippen LogP contribution in [0.3, 0.4) is 0 Å². The summed E-state index contributed by atoms with van der Waals surface area (Å²) in [7, 11) is 0. The fourth-order valence-corrected chi connectivity index (χ4v) is 1.94. The van der Waals surface area contributed by atoms with Crippen molar-refractivity contribution in [1.82, 2.24) is 4.98 Å². The van der Waals surface area contributed by atoms with Crippen molar-refractivity contribution in [2.24, 2.45) is 0 Å². The summed E-state index contributed by atoms with van der Waals surface area (Å²) in [6, 6.07) is 2.34. The molecule has 1 aromatic heterocycles. The number of nitro groups is 1. The second kappa shape index (κ2) is 5.47. The first kappa shape index (κ1) is 13.0. The monoisotopic (exact) mass is 263 g/mol. The van der Waals surface area contributed by atoms with E-state index in [4.69, 9.17) is 5.11 Å². The lowest BCUT2D eigenvalue weighted by molar-refractivity contribution is -0.384. The molecule has 1 unspecified atom stereocenters. The minimum Gasteiger partial charge on any atom is -0.477 e. The third-order valence-electron chi connectivity index (χ3n) is 2.90. The van der Waals surface area contributed by atoms with Crippen molar-refractivity contribution in [3.63, 3.8) is 0 Å². The van der Waals surface area contributed by atoms with Crippen LogP contribution in [0.1, 0.15) is 29.8 Å². The molecule has 0 saturated heterocycles. The summed E-state index contributed by atoms with van der Waals surface area (Å²) in [5.74, 6) is -1.19. The highest BCUT2D eigenvalue weighted by molar-refractivity contribution is 5.86. The smallest absolute Gasteiger partial charge is 0.354 e. The van der Waals surface area contributed by atoms with Gasteiger partial charge in [-0.2, -0.15) is 0 Å². The van der Waals surface area contributed by atoms with Crippen molar-refractivity contribution in [2.75, 3.05) is 5.32 Å². The van der Waals surface area contributed by atoms with Gasteiger partial charge in [-0.05, 0) is 25.3 Å². The highest BCUT2D eigenvalue weighted by Crippen LogP contribution is 2.25. The molecule has 0 bridgehead atoms. The van der Waals surface area contributed by atoms with Crippen molar-refractivity contribution in [3.8, 4) is 0 Å². The molecule has 100 valence electrons. The summed E-state index contributed by atoms with van der Waals surface area (Å²) >= 11 is 0. The van der Waals surface area contributed by atoms with Gasteiger partial charge in [0.05, 0.1) is 4.92 Å². The van der Waals surface area contributed by atoms with E-state index in [1.54, 1.807) is 0 Å². The zero-order valence-electron chi connectivity index (χ0n) is 10.1. The molecule has 0 spiro atoms. The van der Waals surface area contributed by atoms with Gasteiger partial charge in [-0.15, -0.1) is 0 Å². The molecule has 1 heterocycles. The highest BCUT2D eigenvalue weighted by Gasteiger charge is 2.21. The number of nitrogens with one attached hydrogen (secondary N) is 1. The molecule has 1 aromatic rings. The summed E-state index contributed by atoms with van der Waals surface area (Å²) in [4.78, 5) is 25.0. The first-order chi connectivity index (χ1) is 9.08. The number of nitrogens with zero attached hydrogens (tertiary/aromatic N) is 2. The lowest BCUT2D eigenvalue weighted by atomic mass is 10.0. The number of carboxylic acids is 1. The van der Waals surface area contributed by atoms with Gasteiger partial charge >= 0.3 is 11.7 Å². The van der Waals surface area contributed by atoms with Gasteiger partial charge in [0.2, 0.25) is 5.82 Å². The van der Waals surface area contributed by atoms with Crippen LogP contribution in [0.15, 0.2) is 24.3 Å². The van der Waals surface area contributed by atoms with Crippen LogP contribution in [0, 0.1) is 10.1 Å². The van der Waals surface area contributed by atoms with Gasteiger partial charge in [-0.3, -0.25) is 10.1 Å². The Bertz CT molecular complexity index is 542. The van der Waals surface area contributed by atoms with Gasteiger partial charge in [0.25, 0.3) is 0 Å². The van der Waals surface area contributed by atoms with E-state index in [1.807, 2.05) is 12.2 Å². The van der Waals surface area contributed by atoms with Crippen LogP contribution >= 0.6 is 0 Å². The normalized spacial score (nSPS) is 18.0. The van der Waals surface area contributed by atoms with E-state index in [9.17, 15) is 14.9 Å². The standard InChI is InChI=1S/C12H13N3O4/c16-12(17)9-6-7-10(15(18)19)11(14-9)13-8-4-2-1-3-5-8/h1-2,6-8H,3-5H2,(H,13,14)(H,16,17). The summed E-state index contributed by atoms with van der Waals surface area (Å²) in [6.07, 6.45) is 6.52. The second-order valence-electron chi connectivity index (χ2n) is 4.25. The molecule has 0 fully saturated rings. The maximum Gasteiger partial charge on any atom is 0.354 e. The molecule has 0 aliphatic heterocycles. The van der Waals surface area contributed by atoms with Crippen LogP contribution < -0.4 is 5.32 Å². The van der Waals surface area contributed by atoms with Gasteiger partial charge in [0.15, 0.2) is 5.69 Å². The Morgan fingerprint density at radius 1 is 1.47 bits per heavy atom. The van der Waals surface area contributed by atoms with E-state index < -0.39 is 10.9 Å². The predicted octanol–water partition coefficient (Wildman–Crippen LogP) is 2.21. The van der Waals surface area contributed by atoms with Gasteiger partial charge in [-0.1, -0.05) is 12.2 Å². The van der Waals surface area contributed by atoms with Crippen molar-refractivity contribution in [2.45, 2.75) is 25.3 Å². The van der Waals surface area contributed by atoms with E-state index in [-0.39, 0.29) is 23.2 Å². The van der Waals surface area contributed by atoms with E-state index >= 15 is 0 Å². The van der Waals surface area contributed by atoms with E-state index in [0.29, 0.717) is 0 Å². The van der Waals surface area contributed by atoms with E-state index in [0.717, 1.165) is 31.4 Å². The summed E-state index contributed by atoms with van der Waals surface area (Å²) in [5.41, 5.74) is -0.418. The lowest BCUT2D eigenvalue weighted by Gasteiger charge is -2.19. The Balaban J connectivity index is 2.29. The van der Waals surface area contributed by atoms with Gasteiger partial charge < -0.3 is 10.4 Å². The number of hydrogen-bond acceptors (Lipinski definition) is 5. The number of anilines is 1. The average molecular weight is 263 g/mol. The zero-order chi connectivity index (χ0) is 13.8. The number of hydrogen-bond donors (Lipinski definition) is 2. The third kappa shape index (κ3) is 3.06. The molecular formula is C12H13N3O4. The predicted molar refractivity (Wildman–Crippen MR) is 68.3 cm³/mol. The number of allylic oxidation sites excluding steroid dienone is 1. The molecule has 7 nitrogen and oxygen atoms in total. The average Bonchev–Trinajstić information content (AvgIpc) is 2.39. The third-order valence-corrected chi connectivity index (χ3v) is 2.90. The number of rotatable bonds is 4. The molecular weight excluding hydrogens is 250 g/mol. The molecule has 0 radical (unpaired) electrons. The van der Waals surface area contributed by atoms with E-state index in [2.05, 4.69) is 10.3 Å². The largest absolute Gasteiger partial charge is 0.477 e. The van der Waals surface area contributed by atoms with Crippen molar-refractivity contribution < 1.29 is 14.8 Å². The van der Waals surface area contributed by atoms with Crippen LogP contribution in [0.2, 0.25) is 0 Å². The minimum absolute atomic E-state index is 0.0187. The van der Waals surface area contributed by atoms with Crippen LogP contribution in [0.25, 0.3) is 0 Å². The summed E-state index contributed by atoms with van der Waals surface area (Å²) in [5, 5.41) is 22.7. The Kier molecular flexibility index (Phi) is 3.74. The van der Waals surface area contributed by atoms with Gasteiger partial charge in [0.1, 0.15) is 0 Å². The van der Waals surface area contributed by atoms with Gasteiger partial charge in [-0.25, -0.2) is 9.78 Å². The van der Waals surface area contributed by atoms with Crippen LogP contribution in [-0.4, -0.2) is 27.0 Å². The molecule has 7 heteroatoms. The number of carbonyl (C=O) groups is 1. The number of carboxylic acid groups (broad SMARTS) is 1. The highest BCUT2D eigenvalue weighted by atomic mass is 16.6. The maximum absolute atomic E-state index is 10.9. The molecule has 2 rings (SSSR count). The maximum atomic E-state index is 10.9. The topological polar surface area (TPSA) is 105 Å². The number of pyridine rings is 1. The Morgan fingerprint density at radius 2 is 2.26 bits per heavy atom. The lowest BCUT2D eigenvalue weighted by Crippen LogP contribution is -2.22. The number of aromatic carboxylic acids is 1. The quantitative estimate of drug-likeness (QED) is 0.490. The minimum atomic E-state index is -1.21. The molecule has 0 saturated carbocycles. The molecule has 0 amide bonds. The Hall–Kier alpha value is -2.44. The summed E-state index contributed by atoms with van der Waals surface area (Å²) in [6.45, 7) is 0. The fourth-order valence-electron chi connectivity index (χ4n) is 1.94. The first-order valence-corrected chi connectivity index (χ1v) is 5.88. The van der Waals surface area contributed by atoms with Crippen LogP contribution in [0.5, 0.6) is 0 Å². The second-order valence-corrected chi connectivity index (χ2v) is 4.25. The number of aromatic nitrogens is 1. The van der Waals surface area contributed by atoms with Crippen molar-refractivity contribution in [3.05, 3.63) is 40.1 Å². The van der Waals surface area contributed by atoms with Gasteiger partial charge in [0, 0.05) is 12.1 Å². The Morgan fingerprint density at radius 3 is 2.84 bits per heavy atom. The first-order valence-electron chi connectivity index (χ1n) is 5.88. The molecule has 0 aromatic carbocycles. The van der Waals surface area contributed by atoms with Crippen LogP contribution in [0.4, 0.5) is 11.5 Å². The Labute approximate surface area is 109 Å². The molecule has 1 atom stereocenters. The SMILES string of the molecule is O=C(O)c1ccc([N+](=O)[O-])c(NC2CC=CCC2)n1. The molecule has 1 aliphatic carbocycles. The fraction of sp³-hybridized carbons (Fsp3) is 0.333. The zero-order valence-corrected chi connectivity index (χ0v) is 10.1. The van der Waals surface area contributed by atoms with E-state index in [1.165, 1.54) is 0 Å².